The summed E-state index contributed by atoms with van der Waals surface area (Å²) in [4.78, 5) is 9.97. The van der Waals surface area contributed by atoms with Crippen LogP contribution in [0.5, 0.6) is 0 Å². The molecule has 0 aliphatic heterocycles. The lowest BCUT2D eigenvalue weighted by atomic mass is 9.69. The van der Waals surface area contributed by atoms with E-state index in [1.807, 2.05) is 6.92 Å². The van der Waals surface area contributed by atoms with Crippen LogP contribution in [0.3, 0.4) is 0 Å². The molecule has 0 aliphatic carbocycles. The molecule has 16 heavy (non-hydrogen) atoms. The van der Waals surface area contributed by atoms with E-state index < -0.39 is 22.9 Å². The summed E-state index contributed by atoms with van der Waals surface area (Å²) in [7, 11) is -1.75. The first-order chi connectivity index (χ1) is 7.96. The lowest BCUT2D eigenvalue weighted by Gasteiger charge is -1.93. The van der Waals surface area contributed by atoms with Crippen LogP contribution in [0, 0.1) is 0 Å². The van der Waals surface area contributed by atoms with E-state index in [4.69, 9.17) is 7.77 Å². The summed E-state index contributed by atoms with van der Waals surface area (Å²) in [6, 6.07) is 0. The van der Waals surface area contributed by atoms with Crippen molar-refractivity contribution in [2.75, 3.05) is 20.3 Å². The molecular formula is C8H23BN2O4S. The van der Waals surface area contributed by atoms with Crippen LogP contribution < -0.4 is 10.0 Å². The highest BCUT2D eigenvalue weighted by molar-refractivity contribution is 7.89. The Morgan fingerprint density at radius 2 is 1.88 bits per heavy atom. The summed E-state index contributed by atoms with van der Waals surface area (Å²) in [6.07, 6.45) is 1.79. The van der Waals surface area contributed by atoms with Gasteiger partial charge in [0.25, 0.3) is 6.92 Å². The molecule has 0 rings (SSSR count). The highest BCUT2D eigenvalue weighted by Gasteiger charge is 1.99. The Kier molecular flexibility index (Phi) is 12.0. The predicted octanol–water partition coefficient (Wildman–Crippen LogP) is -0.462. The Bertz CT molecular complexity index is 291. The van der Waals surface area contributed by atoms with E-state index >= 15 is 0 Å². The summed E-state index contributed by atoms with van der Waals surface area (Å²) < 4.78 is 34.7. The summed E-state index contributed by atoms with van der Waals surface area (Å²) in [5.41, 5.74) is 0. The zero-order valence-corrected chi connectivity index (χ0v) is 11.3. The van der Waals surface area contributed by atoms with Crippen molar-refractivity contribution < 1.29 is 21.0 Å². The zero-order valence-electron chi connectivity index (χ0n) is 12.4. The van der Waals surface area contributed by atoms with Gasteiger partial charge in [0.2, 0.25) is 15.9 Å². The fourth-order valence-electron chi connectivity index (χ4n) is 0.261. The number of nitrogens with one attached hydrogen (secondary N) is 2. The van der Waals surface area contributed by atoms with E-state index in [0.29, 0.717) is 0 Å². The largest absolute Gasteiger partial charge is 0.451 e. The molecule has 0 aromatic rings. The SMILES string of the molecule is CC(=O)NS(C)(=O)=O.CCB(C)O.[3H]C([3H])NC. The molecule has 0 aromatic heterocycles. The van der Waals surface area contributed by atoms with Crippen molar-refractivity contribution in [1.82, 2.24) is 10.0 Å². The smallest absolute Gasteiger partial charge is 0.285 e. The fourth-order valence-corrected chi connectivity index (χ4v) is 0.783. The van der Waals surface area contributed by atoms with E-state index in [9.17, 15) is 13.2 Å². The van der Waals surface area contributed by atoms with Gasteiger partial charge in [0.05, 0.1) is 6.26 Å². The Labute approximate surface area is 102 Å². The lowest BCUT2D eigenvalue weighted by molar-refractivity contribution is -0.117. The molecule has 0 unspecified atom stereocenters. The summed E-state index contributed by atoms with van der Waals surface area (Å²) in [6.45, 7) is 3.89. The van der Waals surface area contributed by atoms with Gasteiger partial charge in [-0.1, -0.05) is 20.1 Å². The van der Waals surface area contributed by atoms with Crippen LogP contribution in [-0.2, 0) is 14.8 Å². The van der Waals surface area contributed by atoms with Crippen molar-refractivity contribution in [1.29, 1.82) is 0 Å². The second kappa shape index (κ2) is 12.5. The minimum absolute atomic E-state index is 0.116. The average molecular weight is 258 g/mol. The quantitative estimate of drug-likeness (QED) is 0.582. The van der Waals surface area contributed by atoms with Gasteiger partial charge >= 0.3 is 0 Å². The van der Waals surface area contributed by atoms with Crippen molar-refractivity contribution in [2.24, 2.45) is 0 Å². The molecule has 0 atom stereocenters. The lowest BCUT2D eigenvalue weighted by Crippen LogP contribution is -2.26. The Balaban J connectivity index is -0.000000197. The van der Waals surface area contributed by atoms with Gasteiger partial charge in [-0.15, -0.1) is 0 Å². The third-order valence-electron chi connectivity index (χ3n) is 0.920. The Morgan fingerprint density at radius 1 is 1.56 bits per heavy atom. The average Bonchev–Trinajstić information content (AvgIpc) is 2.15. The number of hydrogen-bond acceptors (Lipinski definition) is 5. The van der Waals surface area contributed by atoms with Gasteiger partial charge in [0, 0.05) is 9.67 Å². The first-order valence-electron chi connectivity index (χ1n) is 5.79. The third kappa shape index (κ3) is 50.3. The predicted molar refractivity (Wildman–Crippen MR) is 68.0 cm³/mol. The second-order valence-electron chi connectivity index (χ2n) is 2.98. The maximum Gasteiger partial charge on any atom is 0.285 e. The van der Waals surface area contributed by atoms with Crippen molar-refractivity contribution in [3.05, 3.63) is 0 Å². The van der Waals surface area contributed by atoms with E-state index in [2.05, 4.69) is 5.32 Å². The molecule has 98 valence electrons. The van der Waals surface area contributed by atoms with Crippen molar-refractivity contribution >= 4 is 22.8 Å². The van der Waals surface area contributed by atoms with E-state index in [1.165, 1.54) is 0 Å². The highest BCUT2D eigenvalue weighted by Crippen LogP contribution is 1.79. The van der Waals surface area contributed by atoms with Gasteiger partial charge in [-0.3, -0.25) is 9.52 Å². The number of amides is 1. The molecule has 0 radical (unpaired) electrons. The fraction of sp³-hybridized carbons (Fsp3) is 0.875. The minimum Gasteiger partial charge on any atom is -0.451 e. The first kappa shape index (κ1) is 15.4. The summed E-state index contributed by atoms with van der Waals surface area (Å²) >= 11 is 0. The molecule has 0 spiro atoms. The monoisotopic (exact) mass is 258 g/mol. The molecule has 0 bridgehead atoms. The van der Waals surface area contributed by atoms with Crippen molar-refractivity contribution in [3.63, 3.8) is 0 Å². The third-order valence-corrected chi connectivity index (χ3v) is 1.58. The summed E-state index contributed by atoms with van der Waals surface area (Å²) in [5.74, 6) is -0.562. The normalized spacial score (nSPS) is 10.9. The van der Waals surface area contributed by atoms with Gasteiger partial charge in [-0.2, -0.15) is 0 Å². The molecule has 3 N–H and O–H groups in total. The van der Waals surface area contributed by atoms with Gasteiger partial charge < -0.3 is 10.3 Å². The minimum atomic E-state index is -3.32. The number of carbonyl (C=O) groups is 1. The van der Waals surface area contributed by atoms with E-state index in [-0.39, 0.29) is 6.92 Å². The van der Waals surface area contributed by atoms with Gasteiger partial charge in [-0.05, 0) is 14.0 Å². The van der Waals surface area contributed by atoms with Gasteiger partial charge in [-0.25, -0.2) is 8.42 Å². The summed E-state index contributed by atoms with van der Waals surface area (Å²) in [5, 5.41) is 10.7. The van der Waals surface area contributed by atoms with Crippen LogP contribution in [0.25, 0.3) is 0 Å². The zero-order chi connectivity index (χ0) is 15.4. The van der Waals surface area contributed by atoms with Crippen molar-refractivity contribution in [3.8, 4) is 0 Å². The molecular weight excluding hydrogens is 231 g/mol. The number of carbonyl (C=O) groups excluding carboxylic acids is 1. The maximum atomic E-state index is 10.1. The van der Waals surface area contributed by atoms with Crippen LogP contribution >= 0.6 is 0 Å². The molecule has 0 saturated carbocycles. The number of hydrogen-bond donors (Lipinski definition) is 3. The van der Waals surface area contributed by atoms with Crippen LogP contribution in [-0.4, -0.2) is 46.6 Å². The second-order valence-corrected chi connectivity index (χ2v) is 4.72. The van der Waals surface area contributed by atoms with E-state index in [0.717, 1.165) is 19.5 Å². The first-order valence-corrected chi connectivity index (χ1v) is 6.53. The molecule has 0 aromatic carbocycles. The Morgan fingerprint density at radius 3 is 1.88 bits per heavy atom. The van der Waals surface area contributed by atoms with Gasteiger partial charge in [0.1, 0.15) is 0 Å². The molecule has 1 amide bonds. The molecule has 8 heteroatoms. The van der Waals surface area contributed by atoms with E-state index in [1.54, 1.807) is 18.6 Å². The molecule has 0 aliphatic rings. The van der Waals surface area contributed by atoms with Crippen LogP contribution in [0.1, 0.15) is 16.6 Å². The Hall–Kier alpha value is -0.595. The molecule has 6 nitrogen and oxygen atoms in total. The molecule has 0 heterocycles. The number of sulfonamides is 1. The van der Waals surface area contributed by atoms with Crippen LogP contribution in [0.2, 0.25) is 13.1 Å². The molecule has 0 fully saturated rings. The molecule has 0 saturated heterocycles. The highest BCUT2D eigenvalue weighted by atomic mass is 32.2. The topological polar surface area (TPSA) is 95.5 Å². The van der Waals surface area contributed by atoms with Gasteiger partial charge in [0.15, 0.2) is 0 Å². The van der Waals surface area contributed by atoms with Crippen LogP contribution in [0.4, 0.5) is 0 Å². The standard InChI is InChI=1S/C3H9BO.C3H7NO3S.C2H7N/c1-3-4(2)5;1-3(5)4-8(2,6)7;1-3-2/h5H,3H2,1-2H3;1-2H3,(H,4,5);3H,1-2H3/i;;1T2. The van der Waals surface area contributed by atoms with Crippen molar-refractivity contribution in [2.45, 2.75) is 27.0 Å². The maximum absolute atomic E-state index is 10.1. The van der Waals surface area contributed by atoms with Crippen LogP contribution in [0.15, 0.2) is 0 Å². The number of rotatable bonds is 2.